The average Bonchev–Trinajstić information content (AvgIpc) is 3.45. The fraction of sp³-hybridized carbons (Fsp3) is 0.391. The van der Waals surface area contributed by atoms with Crippen molar-refractivity contribution in [3.8, 4) is 5.69 Å². The molecule has 35 heavy (non-hydrogen) atoms. The summed E-state index contributed by atoms with van der Waals surface area (Å²) in [5.41, 5.74) is 2.41. The van der Waals surface area contributed by atoms with Gasteiger partial charge in [0.2, 0.25) is 10.0 Å². The standard InChI is InChI=1S/C23H27N7O4S/c31-23(25-18-4-6-19(7-5-18)30-17-24-26-27-30)21-16-20(35(32,33)29-12-14-34-15-13-29)8-9-22(21)28-10-2-1-3-11-28/h4-9,16-17H,1-3,10-15H2,(H,25,31). The molecule has 11 nitrogen and oxygen atoms in total. The van der Waals surface area contributed by atoms with Crippen molar-refractivity contribution in [2.45, 2.75) is 24.2 Å². The molecule has 0 atom stereocenters. The SMILES string of the molecule is O=C(Nc1ccc(-n2cnnn2)cc1)c1cc(S(=O)(=O)N2CCOCC2)ccc1N1CCCCC1. The molecule has 0 spiro atoms. The summed E-state index contributed by atoms with van der Waals surface area (Å²) in [6.45, 7) is 2.97. The Bertz CT molecular complexity index is 1270. The van der Waals surface area contributed by atoms with Crippen LogP contribution >= 0.6 is 0 Å². The van der Waals surface area contributed by atoms with Gasteiger partial charge in [-0.25, -0.2) is 13.1 Å². The summed E-state index contributed by atoms with van der Waals surface area (Å²) in [5, 5.41) is 14.0. The predicted octanol–water partition coefficient (Wildman–Crippen LogP) is 1.93. The van der Waals surface area contributed by atoms with Crippen molar-refractivity contribution in [3.63, 3.8) is 0 Å². The molecule has 3 heterocycles. The number of nitrogens with zero attached hydrogens (tertiary/aromatic N) is 6. The number of morpholine rings is 1. The Hall–Kier alpha value is -3.35. The monoisotopic (exact) mass is 497 g/mol. The summed E-state index contributed by atoms with van der Waals surface area (Å²) in [7, 11) is -3.74. The van der Waals surface area contributed by atoms with E-state index < -0.39 is 10.0 Å². The van der Waals surface area contributed by atoms with Crippen LogP contribution < -0.4 is 10.2 Å². The number of aromatic nitrogens is 4. The Kier molecular flexibility index (Phi) is 6.75. The number of anilines is 2. The van der Waals surface area contributed by atoms with Crippen molar-refractivity contribution >= 4 is 27.3 Å². The number of ether oxygens (including phenoxy) is 1. The van der Waals surface area contributed by atoms with E-state index in [4.69, 9.17) is 4.74 Å². The lowest BCUT2D eigenvalue weighted by Crippen LogP contribution is -2.40. The number of hydrogen-bond donors (Lipinski definition) is 1. The molecule has 0 bridgehead atoms. The molecule has 12 heteroatoms. The molecule has 0 unspecified atom stereocenters. The number of rotatable bonds is 6. The highest BCUT2D eigenvalue weighted by Gasteiger charge is 2.29. The van der Waals surface area contributed by atoms with Gasteiger partial charge >= 0.3 is 0 Å². The van der Waals surface area contributed by atoms with Crippen molar-refractivity contribution in [1.82, 2.24) is 24.5 Å². The first-order valence-corrected chi connectivity index (χ1v) is 13.1. The highest BCUT2D eigenvalue weighted by molar-refractivity contribution is 7.89. The van der Waals surface area contributed by atoms with E-state index in [-0.39, 0.29) is 10.8 Å². The minimum Gasteiger partial charge on any atom is -0.379 e. The predicted molar refractivity (Wildman–Crippen MR) is 129 cm³/mol. The summed E-state index contributed by atoms with van der Waals surface area (Å²) >= 11 is 0. The van der Waals surface area contributed by atoms with Gasteiger partial charge in [-0.3, -0.25) is 4.79 Å². The summed E-state index contributed by atoms with van der Waals surface area (Å²) in [5.74, 6) is -0.361. The summed E-state index contributed by atoms with van der Waals surface area (Å²) in [4.78, 5) is 15.7. The molecule has 1 aromatic heterocycles. The first-order chi connectivity index (χ1) is 17.0. The summed E-state index contributed by atoms with van der Waals surface area (Å²) < 4.78 is 34.8. The minimum atomic E-state index is -3.74. The normalized spacial score (nSPS) is 17.3. The molecular formula is C23H27N7O4S. The number of sulfonamides is 1. The van der Waals surface area contributed by atoms with Crippen LogP contribution in [0.4, 0.5) is 11.4 Å². The van der Waals surface area contributed by atoms with Crippen LogP contribution in [0.15, 0.2) is 53.7 Å². The number of hydrogen-bond acceptors (Lipinski definition) is 8. The maximum absolute atomic E-state index is 13.4. The fourth-order valence-electron chi connectivity index (χ4n) is 4.38. The van der Waals surface area contributed by atoms with Crippen LogP contribution in [0.5, 0.6) is 0 Å². The van der Waals surface area contributed by atoms with E-state index in [1.165, 1.54) is 21.4 Å². The lowest BCUT2D eigenvalue weighted by Gasteiger charge is -2.31. The van der Waals surface area contributed by atoms with Crippen LogP contribution in [-0.2, 0) is 14.8 Å². The van der Waals surface area contributed by atoms with Crippen LogP contribution in [-0.4, -0.2) is 78.2 Å². The molecule has 0 aliphatic carbocycles. The van der Waals surface area contributed by atoms with Crippen LogP contribution in [0.2, 0.25) is 0 Å². The molecule has 5 rings (SSSR count). The average molecular weight is 498 g/mol. The van der Waals surface area contributed by atoms with Gasteiger partial charge in [-0.2, -0.15) is 4.31 Å². The van der Waals surface area contributed by atoms with Gasteiger partial charge in [0.05, 0.1) is 29.4 Å². The Morgan fingerprint density at radius 1 is 0.943 bits per heavy atom. The van der Waals surface area contributed by atoms with E-state index in [9.17, 15) is 13.2 Å². The number of nitrogens with one attached hydrogen (secondary N) is 1. The zero-order chi connectivity index (χ0) is 24.3. The molecule has 2 fully saturated rings. The van der Waals surface area contributed by atoms with Gasteiger partial charge in [-0.1, -0.05) is 0 Å². The number of amides is 1. The second-order valence-electron chi connectivity index (χ2n) is 8.50. The van der Waals surface area contributed by atoms with Crippen molar-refractivity contribution in [1.29, 1.82) is 0 Å². The highest BCUT2D eigenvalue weighted by Crippen LogP contribution is 2.29. The molecule has 2 aliphatic heterocycles. The van der Waals surface area contributed by atoms with Gasteiger partial charge in [-0.05, 0) is 72.2 Å². The number of carbonyl (C=O) groups is 1. The second-order valence-corrected chi connectivity index (χ2v) is 10.4. The molecule has 0 saturated carbocycles. The van der Waals surface area contributed by atoms with Gasteiger partial charge in [0, 0.05) is 37.6 Å². The number of carbonyl (C=O) groups excluding carboxylic acids is 1. The number of benzene rings is 2. The molecule has 1 amide bonds. The van der Waals surface area contributed by atoms with Gasteiger partial charge in [0.1, 0.15) is 6.33 Å². The van der Waals surface area contributed by atoms with Crippen LogP contribution in [0, 0.1) is 0 Å². The van der Waals surface area contributed by atoms with Crippen molar-refractivity contribution in [2.24, 2.45) is 0 Å². The quantitative estimate of drug-likeness (QED) is 0.548. The lowest BCUT2D eigenvalue weighted by molar-refractivity contribution is 0.0730. The third kappa shape index (κ3) is 5.04. The Labute approximate surface area is 203 Å². The van der Waals surface area contributed by atoms with Crippen LogP contribution in [0.25, 0.3) is 5.69 Å². The first kappa shape index (κ1) is 23.4. The smallest absolute Gasteiger partial charge is 0.257 e. The second kappa shape index (κ2) is 10.1. The van der Waals surface area contributed by atoms with Gasteiger partial charge < -0.3 is 15.0 Å². The molecule has 184 valence electrons. The Balaban J connectivity index is 1.44. The zero-order valence-electron chi connectivity index (χ0n) is 19.2. The van der Waals surface area contributed by atoms with E-state index in [2.05, 4.69) is 25.7 Å². The lowest BCUT2D eigenvalue weighted by atomic mass is 10.1. The molecule has 2 aromatic carbocycles. The van der Waals surface area contributed by atoms with Crippen molar-refractivity contribution in [2.75, 3.05) is 49.6 Å². The van der Waals surface area contributed by atoms with Crippen molar-refractivity contribution in [3.05, 3.63) is 54.4 Å². The van der Waals surface area contributed by atoms with E-state index in [1.807, 2.05) is 0 Å². The van der Waals surface area contributed by atoms with Gasteiger partial charge in [-0.15, -0.1) is 5.10 Å². The van der Waals surface area contributed by atoms with E-state index >= 15 is 0 Å². The zero-order valence-corrected chi connectivity index (χ0v) is 20.0. The largest absolute Gasteiger partial charge is 0.379 e. The summed E-state index contributed by atoms with van der Waals surface area (Å²) in [6, 6.07) is 11.9. The van der Waals surface area contributed by atoms with E-state index in [0.717, 1.165) is 43.7 Å². The minimum absolute atomic E-state index is 0.110. The van der Waals surface area contributed by atoms with Gasteiger partial charge in [0.15, 0.2) is 0 Å². The topological polar surface area (TPSA) is 123 Å². The number of piperidine rings is 1. The maximum atomic E-state index is 13.4. The first-order valence-electron chi connectivity index (χ1n) is 11.6. The molecule has 2 aliphatic rings. The molecule has 2 saturated heterocycles. The Morgan fingerprint density at radius 3 is 2.37 bits per heavy atom. The van der Waals surface area contributed by atoms with Gasteiger partial charge in [0.25, 0.3) is 5.91 Å². The molecule has 1 N–H and O–H groups in total. The molecule has 0 radical (unpaired) electrons. The summed E-state index contributed by atoms with van der Waals surface area (Å²) in [6.07, 6.45) is 4.70. The van der Waals surface area contributed by atoms with E-state index in [0.29, 0.717) is 37.6 Å². The number of tetrazole rings is 1. The highest BCUT2D eigenvalue weighted by atomic mass is 32.2. The molecule has 3 aromatic rings. The van der Waals surface area contributed by atoms with Crippen LogP contribution in [0.1, 0.15) is 29.6 Å². The third-order valence-corrected chi connectivity index (χ3v) is 8.15. The fourth-order valence-corrected chi connectivity index (χ4v) is 5.81. The Morgan fingerprint density at radius 2 is 1.69 bits per heavy atom. The third-order valence-electron chi connectivity index (χ3n) is 6.26. The van der Waals surface area contributed by atoms with E-state index in [1.54, 1.807) is 36.4 Å². The molecular weight excluding hydrogens is 470 g/mol. The maximum Gasteiger partial charge on any atom is 0.257 e. The van der Waals surface area contributed by atoms with Crippen molar-refractivity contribution < 1.29 is 17.9 Å². The van der Waals surface area contributed by atoms with Crippen LogP contribution in [0.3, 0.4) is 0 Å².